The van der Waals surface area contributed by atoms with E-state index in [1.54, 1.807) is 0 Å². The Morgan fingerprint density at radius 3 is 1.67 bits per heavy atom. The fraction of sp³-hybridized carbons (Fsp3) is 0.231. The van der Waals surface area contributed by atoms with Crippen LogP contribution in [0, 0.1) is 0 Å². The zero-order valence-electron chi connectivity index (χ0n) is 17.5. The SMILES string of the molecule is CC(C)c1ccc(CNC(=O)C(=O)NCC(c2ccccc2)c2ccccc2)cc1. The van der Waals surface area contributed by atoms with E-state index in [0.717, 1.165) is 16.7 Å². The van der Waals surface area contributed by atoms with Crippen molar-refractivity contribution in [2.45, 2.75) is 32.2 Å². The Morgan fingerprint density at radius 2 is 1.17 bits per heavy atom. The zero-order valence-corrected chi connectivity index (χ0v) is 17.5. The van der Waals surface area contributed by atoms with Crippen LogP contribution in [-0.4, -0.2) is 18.4 Å². The summed E-state index contributed by atoms with van der Waals surface area (Å²) in [6, 6.07) is 28.0. The van der Waals surface area contributed by atoms with Crippen molar-refractivity contribution in [2.75, 3.05) is 6.54 Å². The van der Waals surface area contributed by atoms with Crippen LogP contribution in [0.1, 0.15) is 47.9 Å². The molecule has 3 rings (SSSR count). The van der Waals surface area contributed by atoms with Gasteiger partial charge in [-0.25, -0.2) is 0 Å². The van der Waals surface area contributed by atoms with E-state index in [4.69, 9.17) is 0 Å². The molecule has 154 valence electrons. The minimum absolute atomic E-state index is 0.0206. The number of hydrogen-bond acceptors (Lipinski definition) is 2. The Hall–Kier alpha value is -3.40. The fourth-order valence-corrected chi connectivity index (χ4v) is 3.36. The first-order valence-corrected chi connectivity index (χ1v) is 10.3. The second-order valence-corrected chi connectivity index (χ2v) is 7.66. The Kier molecular flexibility index (Phi) is 7.39. The van der Waals surface area contributed by atoms with Gasteiger partial charge >= 0.3 is 11.8 Å². The fourth-order valence-electron chi connectivity index (χ4n) is 3.36. The first-order valence-electron chi connectivity index (χ1n) is 10.3. The van der Waals surface area contributed by atoms with Crippen molar-refractivity contribution in [2.24, 2.45) is 0 Å². The van der Waals surface area contributed by atoms with Gasteiger partial charge in [0.05, 0.1) is 0 Å². The molecule has 0 saturated heterocycles. The lowest BCUT2D eigenvalue weighted by Crippen LogP contribution is -2.41. The predicted molar refractivity (Wildman–Crippen MR) is 120 cm³/mol. The van der Waals surface area contributed by atoms with Crippen LogP contribution in [0.2, 0.25) is 0 Å². The van der Waals surface area contributed by atoms with Crippen LogP contribution >= 0.6 is 0 Å². The van der Waals surface area contributed by atoms with Crippen molar-refractivity contribution >= 4 is 11.8 Å². The molecule has 0 atom stereocenters. The molecule has 0 heterocycles. The van der Waals surface area contributed by atoms with Gasteiger partial charge < -0.3 is 10.6 Å². The summed E-state index contributed by atoms with van der Waals surface area (Å²) in [6.45, 7) is 4.95. The molecule has 4 nitrogen and oxygen atoms in total. The summed E-state index contributed by atoms with van der Waals surface area (Å²) in [5.41, 5.74) is 4.40. The zero-order chi connectivity index (χ0) is 21.3. The summed E-state index contributed by atoms with van der Waals surface area (Å²) >= 11 is 0. The van der Waals surface area contributed by atoms with Gasteiger partial charge in [-0.05, 0) is 28.2 Å². The molecular formula is C26H28N2O2. The molecule has 0 spiro atoms. The van der Waals surface area contributed by atoms with Crippen LogP contribution in [-0.2, 0) is 16.1 Å². The minimum Gasteiger partial charge on any atom is -0.347 e. The Labute approximate surface area is 178 Å². The van der Waals surface area contributed by atoms with Gasteiger partial charge in [-0.1, -0.05) is 98.8 Å². The second kappa shape index (κ2) is 10.4. The van der Waals surface area contributed by atoms with E-state index in [0.29, 0.717) is 19.0 Å². The Bertz CT molecular complexity index is 912. The first-order chi connectivity index (χ1) is 14.5. The van der Waals surface area contributed by atoms with Crippen molar-refractivity contribution in [1.82, 2.24) is 10.6 Å². The van der Waals surface area contributed by atoms with Crippen molar-refractivity contribution in [3.8, 4) is 0 Å². The minimum atomic E-state index is -0.622. The van der Waals surface area contributed by atoms with E-state index in [2.05, 4.69) is 36.6 Å². The van der Waals surface area contributed by atoms with E-state index < -0.39 is 11.8 Å². The summed E-state index contributed by atoms with van der Waals surface area (Å²) in [7, 11) is 0. The number of rotatable bonds is 7. The monoisotopic (exact) mass is 400 g/mol. The van der Waals surface area contributed by atoms with E-state index in [1.807, 2.05) is 72.8 Å². The number of amides is 2. The lowest BCUT2D eigenvalue weighted by Gasteiger charge is -2.18. The molecule has 2 amide bonds. The molecule has 0 unspecified atom stereocenters. The first kappa shape index (κ1) is 21.3. The van der Waals surface area contributed by atoms with Gasteiger partial charge in [0, 0.05) is 19.0 Å². The summed E-state index contributed by atoms with van der Waals surface area (Å²) in [6.07, 6.45) is 0. The lowest BCUT2D eigenvalue weighted by molar-refractivity contribution is -0.139. The molecule has 3 aromatic rings. The summed E-state index contributed by atoms with van der Waals surface area (Å²) < 4.78 is 0. The molecule has 0 aliphatic heterocycles. The third kappa shape index (κ3) is 5.80. The van der Waals surface area contributed by atoms with E-state index >= 15 is 0 Å². The molecule has 3 aromatic carbocycles. The Balaban J connectivity index is 1.57. The van der Waals surface area contributed by atoms with Crippen LogP contribution < -0.4 is 10.6 Å². The molecule has 0 aromatic heterocycles. The number of nitrogens with one attached hydrogen (secondary N) is 2. The highest BCUT2D eigenvalue weighted by Crippen LogP contribution is 2.23. The average molecular weight is 401 g/mol. The number of carbonyl (C=O) groups is 2. The van der Waals surface area contributed by atoms with Gasteiger partial charge in [0.15, 0.2) is 0 Å². The molecule has 4 heteroatoms. The largest absolute Gasteiger partial charge is 0.347 e. The smallest absolute Gasteiger partial charge is 0.309 e. The standard InChI is InChI=1S/C26H28N2O2/c1-19(2)21-15-13-20(14-16-21)17-27-25(29)26(30)28-18-24(22-9-5-3-6-10-22)23-11-7-4-8-12-23/h3-16,19,24H,17-18H2,1-2H3,(H,27,29)(H,28,30). The average Bonchev–Trinajstić information content (AvgIpc) is 2.79. The van der Waals surface area contributed by atoms with Crippen LogP contribution in [0.5, 0.6) is 0 Å². The quantitative estimate of drug-likeness (QED) is 0.579. The molecule has 0 aliphatic rings. The highest BCUT2D eigenvalue weighted by atomic mass is 16.2. The molecule has 30 heavy (non-hydrogen) atoms. The lowest BCUT2D eigenvalue weighted by atomic mass is 9.91. The highest BCUT2D eigenvalue weighted by molar-refractivity contribution is 6.35. The summed E-state index contributed by atoms with van der Waals surface area (Å²) in [4.78, 5) is 24.6. The second-order valence-electron chi connectivity index (χ2n) is 7.66. The molecule has 2 N–H and O–H groups in total. The van der Waals surface area contributed by atoms with Gasteiger partial charge in [-0.15, -0.1) is 0 Å². The van der Waals surface area contributed by atoms with Gasteiger partial charge in [0.2, 0.25) is 0 Å². The van der Waals surface area contributed by atoms with Gasteiger partial charge in [0.25, 0.3) is 0 Å². The molecule has 0 fully saturated rings. The third-order valence-electron chi connectivity index (χ3n) is 5.18. The van der Waals surface area contributed by atoms with Crippen molar-refractivity contribution in [1.29, 1.82) is 0 Å². The molecule has 0 bridgehead atoms. The maximum absolute atomic E-state index is 12.4. The number of benzene rings is 3. The van der Waals surface area contributed by atoms with Crippen LogP contribution in [0.25, 0.3) is 0 Å². The van der Waals surface area contributed by atoms with Gasteiger partial charge in [-0.3, -0.25) is 9.59 Å². The number of carbonyl (C=O) groups excluding carboxylic acids is 2. The van der Waals surface area contributed by atoms with Gasteiger partial charge in [0.1, 0.15) is 0 Å². The normalized spacial score (nSPS) is 10.8. The maximum atomic E-state index is 12.4. The highest BCUT2D eigenvalue weighted by Gasteiger charge is 2.18. The van der Waals surface area contributed by atoms with E-state index in [9.17, 15) is 9.59 Å². The molecule has 0 aliphatic carbocycles. The topological polar surface area (TPSA) is 58.2 Å². The van der Waals surface area contributed by atoms with E-state index in [-0.39, 0.29) is 5.92 Å². The molecular weight excluding hydrogens is 372 g/mol. The van der Waals surface area contributed by atoms with Crippen LogP contribution in [0.3, 0.4) is 0 Å². The van der Waals surface area contributed by atoms with E-state index in [1.165, 1.54) is 5.56 Å². The van der Waals surface area contributed by atoms with Crippen molar-refractivity contribution in [3.63, 3.8) is 0 Å². The van der Waals surface area contributed by atoms with Crippen LogP contribution in [0.15, 0.2) is 84.9 Å². The molecule has 0 saturated carbocycles. The summed E-state index contributed by atoms with van der Waals surface area (Å²) in [5.74, 6) is -0.803. The predicted octanol–water partition coefficient (Wildman–Crippen LogP) is 4.37. The van der Waals surface area contributed by atoms with Gasteiger partial charge in [-0.2, -0.15) is 0 Å². The van der Waals surface area contributed by atoms with Crippen molar-refractivity contribution < 1.29 is 9.59 Å². The molecule has 0 radical (unpaired) electrons. The maximum Gasteiger partial charge on any atom is 0.309 e. The summed E-state index contributed by atoms with van der Waals surface area (Å²) in [5, 5.41) is 5.49. The van der Waals surface area contributed by atoms with Crippen LogP contribution in [0.4, 0.5) is 0 Å². The number of hydrogen-bond donors (Lipinski definition) is 2. The third-order valence-corrected chi connectivity index (χ3v) is 5.18. The van der Waals surface area contributed by atoms with Crippen molar-refractivity contribution in [3.05, 3.63) is 107 Å². The Morgan fingerprint density at radius 1 is 0.667 bits per heavy atom.